The zero-order valence-electron chi connectivity index (χ0n) is 10.3. The summed E-state index contributed by atoms with van der Waals surface area (Å²) >= 11 is 4.93. The highest BCUT2D eigenvalue weighted by Gasteiger charge is 2.32. The van der Waals surface area contributed by atoms with Gasteiger partial charge < -0.3 is 9.47 Å². The molecule has 0 N–H and O–H groups in total. The third kappa shape index (κ3) is 5.43. The summed E-state index contributed by atoms with van der Waals surface area (Å²) in [4.78, 5) is 15.2. The summed E-state index contributed by atoms with van der Waals surface area (Å²) in [5.74, 6) is -1.01. The van der Waals surface area contributed by atoms with Crippen LogP contribution in [-0.4, -0.2) is 23.9 Å². The predicted octanol–water partition coefficient (Wildman–Crippen LogP) is 3.59. The summed E-state index contributed by atoms with van der Waals surface area (Å²) in [7, 11) is 0. The molecule has 0 aliphatic heterocycles. The number of carbonyl (C=O) groups excluding carboxylic acids is 1. The number of carbonyl (C=O) groups is 1. The molecule has 0 saturated carbocycles. The van der Waals surface area contributed by atoms with E-state index in [9.17, 15) is 18.0 Å². The minimum absolute atomic E-state index is 0.0493. The highest BCUT2D eigenvalue weighted by atomic mass is 127. The Hall–Kier alpha value is -0.580. The van der Waals surface area contributed by atoms with Gasteiger partial charge in [0.2, 0.25) is 5.88 Å². The molecule has 0 bridgehead atoms. The lowest BCUT2D eigenvalue weighted by atomic mass is 10.1. The van der Waals surface area contributed by atoms with Gasteiger partial charge in [0.1, 0.15) is 3.70 Å². The molecule has 0 aromatic carbocycles. The normalized spacial score (nSPS) is 11.3. The zero-order chi connectivity index (χ0) is 15.3. The Kier molecular flexibility index (Phi) is 6.49. The third-order valence-electron chi connectivity index (χ3n) is 2.13. The fraction of sp³-hybridized carbons (Fsp3) is 0.455. The molecule has 0 atom stereocenters. The molecular weight excluding hydrogens is 458 g/mol. The van der Waals surface area contributed by atoms with Gasteiger partial charge in [0.05, 0.1) is 13.0 Å². The number of halogens is 5. The first-order valence-corrected chi connectivity index (χ1v) is 7.62. The van der Waals surface area contributed by atoms with Gasteiger partial charge >= 0.3 is 12.3 Å². The quantitative estimate of drug-likeness (QED) is 0.287. The van der Waals surface area contributed by atoms with Gasteiger partial charge in [0.15, 0.2) is 0 Å². The number of esters is 1. The smallest absolute Gasteiger partial charge is 0.466 e. The molecule has 1 rings (SSSR count). The van der Waals surface area contributed by atoms with E-state index in [1.165, 1.54) is 0 Å². The van der Waals surface area contributed by atoms with Crippen LogP contribution in [0.4, 0.5) is 13.2 Å². The molecule has 0 spiro atoms. The van der Waals surface area contributed by atoms with Gasteiger partial charge in [0.25, 0.3) is 0 Å². The molecule has 1 heterocycles. The van der Waals surface area contributed by atoms with Gasteiger partial charge in [0, 0.05) is 11.4 Å². The molecule has 0 radical (unpaired) electrons. The van der Waals surface area contributed by atoms with E-state index in [0.29, 0.717) is 11.1 Å². The van der Waals surface area contributed by atoms with Gasteiger partial charge in [-0.05, 0) is 40.6 Å². The Bertz CT molecular complexity index is 497. The summed E-state index contributed by atoms with van der Waals surface area (Å²) in [6, 6.07) is 1.15. The van der Waals surface area contributed by atoms with Crippen LogP contribution >= 0.6 is 38.5 Å². The van der Waals surface area contributed by atoms with Crippen LogP contribution in [0.25, 0.3) is 0 Å². The van der Waals surface area contributed by atoms with Crippen molar-refractivity contribution in [3.05, 3.63) is 20.9 Å². The second-order valence-corrected chi connectivity index (χ2v) is 5.13. The Morgan fingerprint density at radius 3 is 2.65 bits per heavy atom. The molecular formula is C11H10BrF3INO3. The number of alkyl halides is 4. The van der Waals surface area contributed by atoms with E-state index < -0.39 is 18.2 Å². The average molecular weight is 468 g/mol. The number of ether oxygens (including phenoxy) is 2. The number of pyridine rings is 1. The lowest BCUT2D eigenvalue weighted by molar-refractivity contribution is -0.276. The lowest BCUT2D eigenvalue weighted by Gasteiger charge is -2.13. The Labute approximate surface area is 135 Å². The van der Waals surface area contributed by atoms with Crippen LogP contribution in [0.5, 0.6) is 5.88 Å². The summed E-state index contributed by atoms with van der Waals surface area (Å²) < 4.78 is 45.4. The number of aromatic nitrogens is 1. The van der Waals surface area contributed by atoms with Gasteiger partial charge in [-0.1, -0.05) is 15.9 Å². The van der Waals surface area contributed by atoms with Gasteiger partial charge in [-0.3, -0.25) is 4.79 Å². The van der Waals surface area contributed by atoms with E-state index in [4.69, 9.17) is 4.74 Å². The second kappa shape index (κ2) is 7.43. The van der Waals surface area contributed by atoms with Crippen LogP contribution in [0.1, 0.15) is 18.1 Å². The first-order chi connectivity index (χ1) is 9.26. The molecule has 0 unspecified atom stereocenters. The van der Waals surface area contributed by atoms with Crippen molar-refractivity contribution < 1.29 is 27.4 Å². The first kappa shape index (κ1) is 17.5. The van der Waals surface area contributed by atoms with E-state index in [-0.39, 0.29) is 22.1 Å². The lowest BCUT2D eigenvalue weighted by Crippen LogP contribution is -2.19. The number of nitrogens with zero attached hydrogens (tertiary/aromatic N) is 1. The maximum absolute atomic E-state index is 12.2. The van der Waals surface area contributed by atoms with Crippen LogP contribution in [0, 0.1) is 3.70 Å². The molecule has 0 aliphatic rings. The standard InChI is InChI=1S/C11H10BrF3INO3/c1-2-19-9(18)4-7-6(5-12)3-8(17-10(7)16)20-11(13,14)15/h3H,2,4-5H2,1H3. The van der Waals surface area contributed by atoms with E-state index in [1.807, 2.05) is 0 Å². The van der Waals surface area contributed by atoms with Crippen LogP contribution in [0.3, 0.4) is 0 Å². The summed E-state index contributed by atoms with van der Waals surface area (Å²) in [6.45, 7) is 1.91. The summed E-state index contributed by atoms with van der Waals surface area (Å²) in [5, 5.41) is 0.272. The van der Waals surface area contributed by atoms with E-state index in [2.05, 4.69) is 25.7 Å². The van der Waals surface area contributed by atoms with Crippen LogP contribution in [0.2, 0.25) is 0 Å². The van der Waals surface area contributed by atoms with Crippen LogP contribution in [0.15, 0.2) is 6.07 Å². The first-order valence-electron chi connectivity index (χ1n) is 5.42. The zero-order valence-corrected chi connectivity index (χ0v) is 14.0. The topological polar surface area (TPSA) is 48.4 Å². The van der Waals surface area contributed by atoms with Crippen molar-refractivity contribution in [1.29, 1.82) is 0 Å². The van der Waals surface area contributed by atoms with Crippen molar-refractivity contribution in [2.75, 3.05) is 6.61 Å². The molecule has 1 aromatic heterocycles. The predicted molar refractivity (Wildman–Crippen MR) is 76.6 cm³/mol. The van der Waals surface area contributed by atoms with Crippen molar-refractivity contribution >= 4 is 44.5 Å². The number of hydrogen-bond donors (Lipinski definition) is 0. The highest BCUT2D eigenvalue weighted by molar-refractivity contribution is 14.1. The van der Waals surface area contributed by atoms with Crippen molar-refractivity contribution in [3.63, 3.8) is 0 Å². The molecule has 20 heavy (non-hydrogen) atoms. The maximum Gasteiger partial charge on any atom is 0.574 e. The van der Waals surface area contributed by atoms with Crippen molar-refractivity contribution in [2.24, 2.45) is 0 Å². The fourth-order valence-electron chi connectivity index (χ4n) is 1.40. The minimum Gasteiger partial charge on any atom is -0.466 e. The van der Waals surface area contributed by atoms with Crippen molar-refractivity contribution in [3.8, 4) is 5.88 Å². The highest BCUT2D eigenvalue weighted by Crippen LogP contribution is 2.27. The fourth-order valence-corrected chi connectivity index (χ4v) is 2.67. The largest absolute Gasteiger partial charge is 0.574 e. The Morgan fingerprint density at radius 2 is 2.15 bits per heavy atom. The third-order valence-corrected chi connectivity index (χ3v) is 3.63. The molecule has 4 nitrogen and oxygen atoms in total. The van der Waals surface area contributed by atoms with Gasteiger partial charge in [-0.25, -0.2) is 4.98 Å². The van der Waals surface area contributed by atoms with E-state index in [0.717, 1.165) is 6.07 Å². The van der Waals surface area contributed by atoms with E-state index >= 15 is 0 Å². The molecule has 1 aromatic rings. The molecule has 0 fully saturated rings. The number of rotatable bonds is 5. The van der Waals surface area contributed by atoms with Crippen molar-refractivity contribution in [2.45, 2.75) is 25.0 Å². The average Bonchev–Trinajstić information content (AvgIpc) is 2.30. The minimum atomic E-state index is -4.80. The van der Waals surface area contributed by atoms with Crippen LogP contribution < -0.4 is 4.74 Å². The molecule has 0 saturated heterocycles. The number of hydrogen-bond acceptors (Lipinski definition) is 4. The SMILES string of the molecule is CCOC(=O)Cc1c(CBr)cc(OC(F)(F)F)nc1I. The summed E-state index contributed by atoms with van der Waals surface area (Å²) in [5.41, 5.74) is 1.02. The second-order valence-electron chi connectivity index (χ2n) is 3.55. The maximum atomic E-state index is 12.2. The van der Waals surface area contributed by atoms with Crippen molar-refractivity contribution in [1.82, 2.24) is 4.98 Å². The summed E-state index contributed by atoms with van der Waals surface area (Å²) in [6.07, 6.45) is -4.85. The van der Waals surface area contributed by atoms with Crippen LogP contribution in [-0.2, 0) is 21.3 Å². The molecule has 0 aliphatic carbocycles. The van der Waals surface area contributed by atoms with E-state index in [1.54, 1.807) is 29.5 Å². The monoisotopic (exact) mass is 467 g/mol. The molecule has 112 valence electrons. The molecule has 9 heteroatoms. The Morgan fingerprint density at radius 1 is 1.50 bits per heavy atom. The molecule has 0 amide bonds. The van der Waals surface area contributed by atoms with Gasteiger partial charge in [-0.2, -0.15) is 0 Å². The van der Waals surface area contributed by atoms with Gasteiger partial charge in [-0.15, -0.1) is 13.2 Å². The Balaban J connectivity index is 3.05.